The third-order valence-electron chi connectivity index (χ3n) is 11.3. The molecule has 1 saturated heterocycles. The summed E-state index contributed by atoms with van der Waals surface area (Å²) >= 11 is 0. The molecule has 4 aromatic rings. The van der Waals surface area contributed by atoms with Crippen molar-refractivity contribution in [1.82, 2.24) is 19.9 Å². The molecule has 0 bridgehead atoms. The highest BCUT2D eigenvalue weighted by Crippen LogP contribution is 2.46. The molecule has 0 spiro atoms. The van der Waals surface area contributed by atoms with Crippen molar-refractivity contribution in [1.29, 1.82) is 0 Å². The molecule has 0 radical (unpaired) electrons. The van der Waals surface area contributed by atoms with Gasteiger partial charge in [-0.05, 0) is 62.8 Å². The van der Waals surface area contributed by atoms with Crippen molar-refractivity contribution >= 4 is 44.3 Å². The van der Waals surface area contributed by atoms with E-state index in [9.17, 15) is 22.8 Å². The van der Waals surface area contributed by atoms with Gasteiger partial charge in [-0.15, -0.1) is 0 Å². The molecule has 4 aliphatic rings. The number of ether oxygens (including phenoxy) is 2. The van der Waals surface area contributed by atoms with Gasteiger partial charge in [0.2, 0.25) is 21.8 Å². The van der Waals surface area contributed by atoms with Crippen LogP contribution in [0.2, 0.25) is 0 Å². The fourth-order valence-electron chi connectivity index (χ4n) is 7.92. The average molecular weight is 778 g/mol. The summed E-state index contributed by atoms with van der Waals surface area (Å²) in [6.45, 7) is 0.114. The van der Waals surface area contributed by atoms with E-state index < -0.39 is 50.8 Å². The minimum Gasteiger partial charge on any atom is -0.497 e. The zero-order chi connectivity index (χ0) is 38.9. The number of para-hydroxylation sites is 1. The number of rotatable bonds is 9. The molecule has 8 rings (SSSR count). The maximum Gasteiger partial charge on any atom is 0.259 e. The minimum absolute atomic E-state index is 0.114. The van der Waals surface area contributed by atoms with Gasteiger partial charge >= 0.3 is 0 Å². The smallest absolute Gasteiger partial charge is 0.259 e. The molecule has 2 aliphatic heterocycles. The molecule has 3 aromatic carbocycles. The molecular weight excluding hydrogens is 731 g/mol. The standard InChI is InChI=1S/C43H47N5O7S/c1-54-31-19-22-34-37(23-31)45-36(28-13-7-5-8-14-28)25-39(34)55-32-24-38-40(49)46-43(42(51)47-56(52,53)33-20-21-33)26-29(43)15-9-3-2-4-12-18-35(41(50)48(38)27-32)44-30-16-10-6-11-17-30/h5-11,13-17,19,22-23,25,29,32-33,35,38,44H,2-4,12,18,20-21,24,26-27H2,1H3,(H,46,49)(H,47,51)/b15-9-/t29-,32-,35+,38+,43-/m1/s1. The summed E-state index contributed by atoms with van der Waals surface area (Å²) in [5.41, 5.74) is 1.59. The number of amides is 3. The summed E-state index contributed by atoms with van der Waals surface area (Å²) in [4.78, 5) is 49.6. The number of hydrogen-bond donors (Lipinski definition) is 3. The molecule has 3 amide bonds. The predicted molar refractivity (Wildman–Crippen MR) is 213 cm³/mol. The second kappa shape index (κ2) is 15.6. The first-order valence-electron chi connectivity index (χ1n) is 19.5. The average Bonchev–Trinajstić information content (AvgIpc) is 4.14. The normalized spacial score (nSPS) is 26.1. The summed E-state index contributed by atoms with van der Waals surface area (Å²) in [5, 5.41) is 6.55. The number of pyridine rings is 1. The van der Waals surface area contributed by atoms with Crippen molar-refractivity contribution in [2.45, 2.75) is 86.8 Å². The summed E-state index contributed by atoms with van der Waals surface area (Å²) in [6.07, 6.45) is 8.61. The predicted octanol–water partition coefficient (Wildman–Crippen LogP) is 5.74. The number of benzene rings is 3. The number of carbonyl (C=O) groups excluding carboxylic acids is 3. The maximum absolute atomic E-state index is 14.7. The highest BCUT2D eigenvalue weighted by atomic mass is 32.2. The van der Waals surface area contributed by atoms with E-state index >= 15 is 0 Å². The number of carbonyl (C=O) groups is 3. The summed E-state index contributed by atoms with van der Waals surface area (Å²) in [6, 6.07) is 25.1. The number of nitrogens with one attached hydrogen (secondary N) is 3. The van der Waals surface area contributed by atoms with Crippen LogP contribution in [0, 0.1) is 5.92 Å². The molecule has 13 heteroatoms. The van der Waals surface area contributed by atoms with Crippen molar-refractivity contribution in [2.75, 3.05) is 19.0 Å². The quantitative estimate of drug-likeness (QED) is 0.181. The van der Waals surface area contributed by atoms with Gasteiger partial charge in [0.15, 0.2) is 0 Å². The molecule has 12 nitrogen and oxygen atoms in total. The maximum atomic E-state index is 14.7. The Balaban J connectivity index is 1.13. The molecule has 56 heavy (non-hydrogen) atoms. The summed E-state index contributed by atoms with van der Waals surface area (Å²) in [7, 11) is -2.27. The summed E-state index contributed by atoms with van der Waals surface area (Å²) < 4.78 is 40.4. The van der Waals surface area contributed by atoms with Gasteiger partial charge in [0.05, 0.1) is 30.1 Å². The van der Waals surface area contributed by atoms with Crippen LogP contribution in [-0.4, -0.2) is 78.7 Å². The molecular formula is C43H47N5O7S. The Morgan fingerprint density at radius 1 is 0.946 bits per heavy atom. The van der Waals surface area contributed by atoms with Gasteiger partial charge in [-0.2, -0.15) is 0 Å². The molecule has 0 unspecified atom stereocenters. The molecule has 3 fully saturated rings. The molecule has 1 aromatic heterocycles. The second-order valence-corrected chi connectivity index (χ2v) is 17.3. The lowest BCUT2D eigenvalue weighted by molar-refractivity contribution is -0.140. The second-order valence-electron chi connectivity index (χ2n) is 15.3. The van der Waals surface area contributed by atoms with Crippen LogP contribution in [0.4, 0.5) is 5.69 Å². The summed E-state index contributed by atoms with van der Waals surface area (Å²) in [5.74, 6) is -0.705. The van der Waals surface area contributed by atoms with Crippen molar-refractivity contribution in [3.8, 4) is 22.8 Å². The Bertz CT molecular complexity index is 2250. The van der Waals surface area contributed by atoms with Gasteiger partial charge in [0.25, 0.3) is 5.91 Å². The zero-order valence-electron chi connectivity index (χ0n) is 31.4. The largest absolute Gasteiger partial charge is 0.497 e. The molecule has 5 atom stereocenters. The van der Waals surface area contributed by atoms with Crippen LogP contribution in [-0.2, 0) is 24.4 Å². The fourth-order valence-corrected chi connectivity index (χ4v) is 9.28. The Hall–Kier alpha value is -5.43. The van der Waals surface area contributed by atoms with Gasteiger partial charge in [-0.25, -0.2) is 13.4 Å². The minimum atomic E-state index is -3.86. The highest BCUT2D eigenvalue weighted by Gasteiger charge is 2.62. The Labute approximate surface area is 327 Å². The Kier molecular flexibility index (Phi) is 10.4. The lowest BCUT2D eigenvalue weighted by Crippen LogP contribution is -2.57. The van der Waals surface area contributed by atoms with E-state index in [1.54, 1.807) is 12.0 Å². The van der Waals surface area contributed by atoms with E-state index in [-0.39, 0.29) is 31.2 Å². The van der Waals surface area contributed by atoms with Crippen LogP contribution in [0.15, 0.2) is 97.1 Å². The first kappa shape index (κ1) is 37.5. The van der Waals surface area contributed by atoms with Crippen molar-refractivity contribution < 1.29 is 32.3 Å². The number of anilines is 1. The molecule has 2 aliphatic carbocycles. The Morgan fingerprint density at radius 3 is 2.46 bits per heavy atom. The van der Waals surface area contributed by atoms with Crippen LogP contribution in [0.25, 0.3) is 22.2 Å². The number of hydrogen-bond acceptors (Lipinski definition) is 9. The van der Waals surface area contributed by atoms with E-state index in [1.807, 2.05) is 97.1 Å². The monoisotopic (exact) mass is 777 g/mol. The van der Waals surface area contributed by atoms with Crippen LogP contribution < -0.4 is 24.8 Å². The van der Waals surface area contributed by atoms with E-state index in [1.165, 1.54) is 0 Å². The van der Waals surface area contributed by atoms with Gasteiger partial charge in [-0.3, -0.25) is 19.1 Å². The van der Waals surface area contributed by atoms with Gasteiger partial charge in [-0.1, -0.05) is 73.5 Å². The Morgan fingerprint density at radius 2 is 1.71 bits per heavy atom. The van der Waals surface area contributed by atoms with Crippen LogP contribution in [0.5, 0.6) is 11.5 Å². The van der Waals surface area contributed by atoms with Crippen LogP contribution >= 0.6 is 0 Å². The van der Waals surface area contributed by atoms with E-state index in [0.29, 0.717) is 42.0 Å². The molecule has 3 heterocycles. The first-order valence-corrected chi connectivity index (χ1v) is 21.1. The number of nitrogens with zero attached hydrogens (tertiary/aromatic N) is 2. The van der Waals surface area contributed by atoms with Crippen molar-refractivity contribution in [3.05, 3.63) is 97.1 Å². The first-order chi connectivity index (χ1) is 27.1. The van der Waals surface area contributed by atoms with Crippen LogP contribution in [0.1, 0.15) is 57.8 Å². The number of sulfonamides is 1. The van der Waals surface area contributed by atoms with Gasteiger partial charge < -0.3 is 25.0 Å². The molecule has 2 saturated carbocycles. The third-order valence-corrected chi connectivity index (χ3v) is 13.1. The molecule has 3 N–H and O–H groups in total. The lowest BCUT2D eigenvalue weighted by atomic mass is 10.0. The number of allylic oxidation sites excluding steroid dienone is 1. The topological polar surface area (TPSA) is 156 Å². The lowest BCUT2D eigenvalue weighted by Gasteiger charge is -2.30. The number of methoxy groups -OCH3 is 1. The zero-order valence-corrected chi connectivity index (χ0v) is 32.2. The SMILES string of the molecule is COc1ccc2c(O[C@@H]3C[C@H]4C(=O)N[C@]5(C(=O)NS(=O)(=O)C6CC6)C[C@H]5/C=C\CCCCC[C@H](Nc5ccccc5)C(=O)N4C3)cc(-c3ccccc3)nc2c1. The van der Waals surface area contributed by atoms with Gasteiger partial charge in [0.1, 0.15) is 35.2 Å². The van der Waals surface area contributed by atoms with E-state index in [0.717, 1.165) is 42.3 Å². The van der Waals surface area contributed by atoms with Gasteiger partial charge in [0, 0.05) is 41.1 Å². The fraction of sp³-hybridized carbons (Fsp3) is 0.395. The van der Waals surface area contributed by atoms with E-state index in [4.69, 9.17) is 14.5 Å². The number of aromatic nitrogens is 1. The third kappa shape index (κ3) is 7.95. The molecule has 292 valence electrons. The van der Waals surface area contributed by atoms with E-state index in [2.05, 4.69) is 15.4 Å². The van der Waals surface area contributed by atoms with Crippen molar-refractivity contribution in [2.24, 2.45) is 5.92 Å². The number of fused-ring (bicyclic) bond motifs is 3. The van der Waals surface area contributed by atoms with Crippen molar-refractivity contribution in [3.63, 3.8) is 0 Å². The van der Waals surface area contributed by atoms with Crippen LogP contribution in [0.3, 0.4) is 0 Å². The highest BCUT2D eigenvalue weighted by molar-refractivity contribution is 7.91.